The number of benzene rings is 1. The summed E-state index contributed by atoms with van der Waals surface area (Å²) in [6, 6.07) is 6.45. The van der Waals surface area contributed by atoms with E-state index in [-0.39, 0.29) is 11.5 Å². The summed E-state index contributed by atoms with van der Waals surface area (Å²) in [4.78, 5) is 6.89. The molecule has 2 saturated heterocycles. The molecule has 174 valence electrons. The number of aromatic nitrogens is 2. The average molecular weight is 442 g/mol. The number of methoxy groups -OCH3 is 1. The van der Waals surface area contributed by atoms with Gasteiger partial charge in [-0.25, -0.2) is 0 Å². The van der Waals surface area contributed by atoms with Crippen LogP contribution in [0.3, 0.4) is 0 Å². The zero-order valence-electron chi connectivity index (χ0n) is 19.6. The van der Waals surface area contributed by atoms with Crippen molar-refractivity contribution in [3.63, 3.8) is 0 Å². The Balaban J connectivity index is 1.51. The van der Waals surface area contributed by atoms with Crippen LogP contribution < -0.4 is 10.1 Å². The molecule has 1 N–H and O–H groups in total. The Labute approximate surface area is 190 Å². The summed E-state index contributed by atoms with van der Waals surface area (Å²) in [5.74, 6) is 1.84. The molecule has 1 atom stereocenters. The maximum absolute atomic E-state index is 6.02. The zero-order chi connectivity index (χ0) is 22.6. The molecule has 8 heteroatoms. The first-order valence-corrected chi connectivity index (χ1v) is 11.3. The predicted molar refractivity (Wildman–Crippen MR) is 124 cm³/mol. The number of nitrogens with zero attached hydrogens (tertiary/aromatic N) is 4. The minimum Gasteiger partial charge on any atom is -0.496 e. The summed E-state index contributed by atoms with van der Waals surface area (Å²) in [6.45, 7) is 6.61. The van der Waals surface area contributed by atoms with E-state index >= 15 is 0 Å². The maximum Gasteiger partial charge on any atom is 0.193 e. The van der Waals surface area contributed by atoms with Gasteiger partial charge < -0.3 is 24.4 Å². The van der Waals surface area contributed by atoms with E-state index in [1.807, 2.05) is 31.2 Å². The van der Waals surface area contributed by atoms with Gasteiger partial charge in [-0.3, -0.25) is 9.67 Å². The molecular formula is C24H35N5O3. The summed E-state index contributed by atoms with van der Waals surface area (Å²) < 4.78 is 19.3. The smallest absolute Gasteiger partial charge is 0.193 e. The number of rotatable bonds is 5. The van der Waals surface area contributed by atoms with Crippen LogP contribution in [0.2, 0.25) is 0 Å². The summed E-state index contributed by atoms with van der Waals surface area (Å²) >= 11 is 0. The highest BCUT2D eigenvalue weighted by Crippen LogP contribution is 2.40. The van der Waals surface area contributed by atoms with Gasteiger partial charge in [0.15, 0.2) is 5.96 Å². The Hall–Kier alpha value is -2.58. The molecule has 3 heterocycles. The van der Waals surface area contributed by atoms with Gasteiger partial charge >= 0.3 is 0 Å². The van der Waals surface area contributed by atoms with Crippen LogP contribution in [-0.2, 0) is 21.9 Å². The van der Waals surface area contributed by atoms with Crippen LogP contribution in [0.5, 0.6) is 5.75 Å². The van der Waals surface area contributed by atoms with E-state index in [1.165, 1.54) is 11.1 Å². The molecule has 8 nitrogen and oxygen atoms in total. The van der Waals surface area contributed by atoms with Crippen molar-refractivity contribution < 1.29 is 14.2 Å². The number of hydrogen-bond acceptors (Lipinski definition) is 5. The summed E-state index contributed by atoms with van der Waals surface area (Å²) in [7, 11) is 5.53. The quantitative estimate of drug-likeness (QED) is 0.568. The lowest BCUT2D eigenvalue weighted by Crippen LogP contribution is -2.52. The van der Waals surface area contributed by atoms with Crippen molar-refractivity contribution >= 4 is 5.96 Å². The second-order valence-electron chi connectivity index (χ2n) is 8.75. The van der Waals surface area contributed by atoms with Crippen LogP contribution in [0.25, 0.3) is 0 Å². The van der Waals surface area contributed by atoms with Crippen LogP contribution in [0.1, 0.15) is 35.6 Å². The van der Waals surface area contributed by atoms with E-state index in [2.05, 4.69) is 45.4 Å². The Morgan fingerprint density at radius 3 is 2.81 bits per heavy atom. The third-order valence-electron chi connectivity index (χ3n) is 6.64. The highest BCUT2D eigenvalue weighted by molar-refractivity contribution is 5.80. The van der Waals surface area contributed by atoms with Gasteiger partial charge in [-0.05, 0) is 25.8 Å². The number of guanidine groups is 1. The average Bonchev–Trinajstić information content (AvgIpc) is 3.26. The van der Waals surface area contributed by atoms with Crippen molar-refractivity contribution in [3.8, 4) is 5.75 Å². The molecule has 1 aromatic carbocycles. The molecule has 1 unspecified atom stereocenters. The molecule has 2 aliphatic rings. The van der Waals surface area contributed by atoms with Crippen LogP contribution in [-0.4, -0.2) is 74.3 Å². The third-order valence-corrected chi connectivity index (χ3v) is 6.64. The van der Waals surface area contributed by atoms with Crippen molar-refractivity contribution in [1.29, 1.82) is 0 Å². The number of morpholine rings is 1. The highest BCUT2D eigenvalue weighted by atomic mass is 16.5. The molecule has 4 rings (SSSR count). The second kappa shape index (κ2) is 9.92. The van der Waals surface area contributed by atoms with E-state index in [0.29, 0.717) is 6.61 Å². The van der Waals surface area contributed by atoms with Gasteiger partial charge in [0.2, 0.25) is 0 Å². The Morgan fingerprint density at radius 2 is 2.12 bits per heavy atom. The predicted octanol–water partition coefficient (Wildman–Crippen LogP) is 2.43. The van der Waals surface area contributed by atoms with Crippen molar-refractivity contribution in [2.75, 3.05) is 53.6 Å². The minimum atomic E-state index is -0.0689. The van der Waals surface area contributed by atoms with E-state index < -0.39 is 0 Å². The summed E-state index contributed by atoms with van der Waals surface area (Å²) in [5.41, 5.74) is 3.52. The normalized spacial score (nSPS) is 21.4. The van der Waals surface area contributed by atoms with E-state index in [1.54, 1.807) is 7.11 Å². The lowest BCUT2D eigenvalue weighted by Gasteiger charge is -2.41. The summed E-state index contributed by atoms with van der Waals surface area (Å²) in [5, 5.41) is 7.98. The zero-order valence-corrected chi connectivity index (χ0v) is 19.6. The standard InChI is InChI=1S/C24H35N5O3/c1-18-5-6-21(30-4)20(13-18)24(7-10-31-11-8-24)17-26-23(25-2)29-9-12-32-22(16-29)19-14-27-28(3)15-19/h5-6,13-15,22H,7-12,16-17H2,1-4H3,(H,25,26). The Morgan fingerprint density at radius 1 is 1.31 bits per heavy atom. The Bertz CT molecular complexity index is 935. The fourth-order valence-electron chi connectivity index (χ4n) is 4.77. The van der Waals surface area contributed by atoms with Gasteiger partial charge in [0.1, 0.15) is 11.9 Å². The molecule has 0 spiro atoms. The van der Waals surface area contributed by atoms with Crippen molar-refractivity contribution in [3.05, 3.63) is 47.3 Å². The molecule has 0 saturated carbocycles. The maximum atomic E-state index is 6.02. The highest BCUT2D eigenvalue weighted by Gasteiger charge is 2.37. The molecule has 2 aromatic rings. The monoisotopic (exact) mass is 441 g/mol. The fourth-order valence-corrected chi connectivity index (χ4v) is 4.77. The van der Waals surface area contributed by atoms with Gasteiger partial charge in [0.05, 0.1) is 26.5 Å². The first kappa shape index (κ1) is 22.6. The van der Waals surface area contributed by atoms with E-state index in [9.17, 15) is 0 Å². The number of aryl methyl sites for hydroxylation is 2. The summed E-state index contributed by atoms with van der Waals surface area (Å²) in [6.07, 6.45) is 5.78. The fraction of sp³-hybridized carbons (Fsp3) is 0.583. The van der Waals surface area contributed by atoms with E-state index in [4.69, 9.17) is 14.2 Å². The lowest BCUT2D eigenvalue weighted by atomic mass is 9.73. The van der Waals surface area contributed by atoms with Crippen molar-refractivity contribution in [2.24, 2.45) is 12.0 Å². The van der Waals surface area contributed by atoms with Gasteiger partial charge in [-0.1, -0.05) is 17.7 Å². The molecule has 1 aromatic heterocycles. The van der Waals surface area contributed by atoms with Gasteiger partial charge in [-0.15, -0.1) is 0 Å². The number of hydrogen-bond donors (Lipinski definition) is 1. The molecule has 0 aliphatic carbocycles. The van der Waals surface area contributed by atoms with Crippen LogP contribution in [0.15, 0.2) is 35.6 Å². The van der Waals surface area contributed by atoms with Gasteiger partial charge in [0, 0.05) is 63.1 Å². The van der Waals surface area contributed by atoms with Crippen molar-refractivity contribution in [1.82, 2.24) is 20.0 Å². The van der Waals surface area contributed by atoms with Crippen LogP contribution >= 0.6 is 0 Å². The molecule has 2 aliphatic heterocycles. The Kier molecular flexibility index (Phi) is 7.01. The van der Waals surface area contributed by atoms with E-state index in [0.717, 1.165) is 63.0 Å². The largest absolute Gasteiger partial charge is 0.496 e. The molecule has 0 amide bonds. The molecule has 32 heavy (non-hydrogen) atoms. The molecular weight excluding hydrogens is 406 g/mol. The first-order chi connectivity index (χ1) is 15.5. The van der Waals surface area contributed by atoms with Gasteiger partial charge in [0.25, 0.3) is 0 Å². The second-order valence-corrected chi connectivity index (χ2v) is 8.75. The van der Waals surface area contributed by atoms with Crippen LogP contribution in [0, 0.1) is 6.92 Å². The van der Waals surface area contributed by atoms with Crippen molar-refractivity contribution in [2.45, 2.75) is 31.3 Å². The number of ether oxygens (including phenoxy) is 3. The third kappa shape index (κ3) is 4.76. The van der Waals surface area contributed by atoms with Gasteiger partial charge in [-0.2, -0.15) is 5.10 Å². The minimum absolute atomic E-state index is 0.00934. The first-order valence-electron chi connectivity index (χ1n) is 11.3. The molecule has 0 bridgehead atoms. The van der Waals surface area contributed by atoms with Crippen LogP contribution in [0.4, 0.5) is 0 Å². The lowest BCUT2D eigenvalue weighted by molar-refractivity contribution is -0.00836. The number of aliphatic imine (C=N–C) groups is 1. The molecule has 0 radical (unpaired) electrons. The SMILES string of the molecule is CN=C(NCC1(c2cc(C)ccc2OC)CCOCC1)N1CCOC(c2cnn(C)c2)C1. The number of nitrogens with one attached hydrogen (secondary N) is 1. The molecule has 2 fully saturated rings. The topological polar surface area (TPSA) is 73.1 Å².